The monoisotopic (exact) mass is 426 g/mol. The number of fused-ring (bicyclic) bond motifs is 1. The molecule has 30 heavy (non-hydrogen) atoms. The standard InChI is InChI=1S/C24H30N2O3S/c1-18-7-13-23(14-8-18)30(28,29)25(2)22-11-9-20(10-12-22)24(27)26-16-15-19-5-3-4-6-21(19)17-26/h7-14,19,21H,3-6,15-17H2,1-2H3/t19-,21-/m1/s1. The summed E-state index contributed by atoms with van der Waals surface area (Å²) in [6.07, 6.45) is 6.25. The van der Waals surface area contributed by atoms with E-state index in [1.54, 1.807) is 55.6 Å². The van der Waals surface area contributed by atoms with Gasteiger partial charge in [-0.25, -0.2) is 8.42 Å². The summed E-state index contributed by atoms with van der Waals surface area (Å²) in [6.45, 7) is 3.60. The summed E-state index contributed by atoms with van der Waals surface area (Å²) < 4.78 is 27.1. The van der Waals surface area contributed by atoms with E-state index in [-0.39, 0.29) is 10.8 Å². The van der Waals surface area contributed by atoms with Crippen LogP contribution >= 0.6 is 0 Å². The summed E-state index contributed by atoms with van der Waals surface area (Å²) in [7, 11) is -2.10. The normalized spacial score (nSPS) is 21.7. The van der Waals surface area contributed by atoms with Crippen molar-refractivity contribution in [1.29, 1.82) is 0 Å². The van der Waals surface area contributed by atoms with Gasteiger partial charge in [0.2, 0.25) is 0 Å². The average Bonchev–Trinajstić information content (AvgIpc) is 2.78. The van der Waals surface area contributed by atoms with Gasteiger partial charge in [-0.1, -0.05) is 37.0 Å². The summed E-state index contributed by atoms with van der Waals surface area (Å²) in [5.74, 6) is 1.47. The SMILES string of the molecule is Cc1ccc(S(=O)(=O)N(C)c2ccc(C(=O)N3CC[C@H]4CCCC[C@@H]4C3)cc2)cc1. The third-order valence-corrected chi connectivity index (χ3v) is 8.54. The van der Waals surface area contributed by atoms with Crippen LogP contribution in [0.5, 0.6) is 0 Å². The molecule has 4 rings (SSSR count). The lowest BCUT2D eigenvalue weighted by atomic mass is 9.75. The van der Waals surface area contributed by atoms with Crippen molar-refractivity contribution in [3.63, 3.8) is 0 Å². The largest absolute Gasteiger partial charge is 0.338 e. The van der Waals surface area contributed by atoms with Crippen molar-refractivity contribution in [2.75, 3.05) is 24.4 Å². The van der Waals surface area contributed by atoms with Crippen molar-refractivity contribution < 1.29 is 13.2 Å². The predicted octanol–water partition coefficient (Wildman–Crippen LogP) is 4.47. The Labute approximate surface area is 179 Å². The minimum Gasteiger partial charge on any atom is -0.338 e. The summed E-state index contributed by atoms with van der Waals surface area (Å²) in [5, 5.41) is 0. The van der Waals surface area contributed by atoms with Crippen LogP contribution in [-0.4, -0.2) is 39.4 Å². The summed E-state index contributed by atoms with van der Waals surface area (Å²) >= 11 is 0. The fourth-order valence-corrected chi connectivity index (χ4v) is 5.98. The molecule has 6 heteroatoms. The van der Waals surface area contributed by atoms with Crippen LogP contribution in [0.1, 0.15) is 48.0 Å². The lowest BCUT2D eigenvalue weighted by Gasteiger charge is -2.41. The molecule has 1 saturated carbocycles. The van der Waals surface area contributed by atoms with Crippen LogP contribution in [0.3, 0.4) is 0 Å². The van der Waals surface area contributed by atoms with Crippen LogP contribution in [0.4, 0.5) is 5.69 Å². The fourth-order valence-electron chi connectivity index (χ4n) is 4.79. The maximum atomic E-state index is 13.0. The van der Waals surface area contributed by atoms with Gasteiger partial charge in [0.15, 0.2) is 0 Å². The second-order valence-corrected chi connectivity index (χ2v) is 10.6. The van der Waals surface area contributed by atoms with Crippen molar-refractivity contribution in [2.45, 2.75) is 43.9 Å². The van der Waals surface area contributed by atoms with Gasteiger partial charge < -0.3 is 4.90 Å². The average molecular weight is 427 g/mol. The first-order chi connectivity index (χ1) is 14.4. The number of aryl methyl sites for hydroxylation is 1. The first-order valence-corrected chi connectivity index (χ1v) is 12.3. The predicted molar refractivity (Wildman–Crippen MR) is 119 cm³/mol. The van der Waals surface area contributed by atoms with E-state index < -0.39 is 10.0 Å². The fraction of sp³-hybridized carbons (Fsp3) is 0.458. The highest BCUT2D eigenvalue weighted by atomic mass is 32.2. The molecule has 2 aromatic rings. The zero-order chi connectivity index (χ0) is 21.3. The Kier molecular flexibility index (Phi) is 5.87. The molecule has 0 unspecified atom stereocenters. The number of piperidine rings is 1. The quantitative estimate of drug-likeness (QED) is 0.725. The topological polar surface area (TPSA) is 57.7 Å². The Morgan fingerprint density at radius 3 is 2.23 bits per heavy atom. The third kappa shape index (κ3) is 4.10. The Hall–Kier alpha value is -2.34. The number of anilines is 1. The number of carbonyl (C=O) groups is 1. The molecule has 0 N–H and O–H groups in total. The lowest BCUT2D eigenvalue weighted by Crippen LogP contribution is -2.44. The number of nitrogens with zero attached hydrogens (tertiary/aromatic N) is 2. The zero-order valence-electron chi connectivity index (χ0n) is 17.8. The van der Waals surface area contributed by atoms with Gasteiger partial charge in [-0.05, 0) is 68.0 Å². The Morgan fingerprint density at radius 2 is 1.57 bits per heavy atom. The van der Waals surface area contributed by atoms with E-state index in [9.17, 15) is 13.2 Å². The lowest BCUT2D eigenvalue weighted by molar-refractivity contribution is 0.0521. The molecule has 1 saturated heterocycles. The van der Waals surface area contributed by atoms with Crippen LogP contribution < -0.4 is 4.31 Å². The number of carbonyl (C=O) groups excluding carboxylic acids is 1. The van der Waals surface area contributed by atoms with Gasteiger partial charge in [-0.2, -0.15) is 0 Å². The van der Waals surface area contributed by atoms with E-state index in [4.69, 9.17) is 0 Å². The molecule has 0 radical (unpaired) electrons. The molecule has 1 aliphatic carbocycles. The second kappa shape index (κ2) is 8.42. The van der Waals surface area contributed by atoms with Crippen molar-refractivity contribution in [3.8, 4) is 0 Å². The van der Waals surface area contributed by atoms with Gasteiger partial charge in [0.1, 0.15) is 0 Å². The highest BCUT2D eigenvalue weighted by Gasteiger charge is 2.33. The molecule has 0 bridgehead atoms. The molecule has 2 fully saturated rings. The molecule has 2 aromatic carbocycles. The molecule has 2 aliphatic rings. The third-order valence-electron chi connectivity index (χ3n) is 6.74. The molecular formula is C24H30N2O3S. The molecule has 5 nitrogen and oxygen atoms in total. The van der Waals surface area contributed by atoms with Gasteiger partial charge in [0.05, 0.1) is 10.6 Å². The van der Waals surface area contributed by atoms with E-state index in [1.165, 1.54) is 30.0 Å². The Bertz CT molecular complexity index is 1000. The highest BCUT2D eigenvalue weighted by molar-refractivity contribution is 7.92. The Morgan fingerprint density at radius 1 is 0.933 bits per heavy atom. The molecule has 1 heterocycles. The van der Waals surface area contributed by atoms with Gasteiger partial charge >= 0.3 is 0 Å². The van der Waals surface area contributed by atoms with Crippen LogP contribution in [0.15, 0.2) is 53.4 Å². The first kappa shape index (κ1) is 20.9. The molecule has 1 amide bonds. The number of likely N-dealkylation sites (tertiary alicyclic amines) is 1. The molecule has 160 valence electrons. The second-order valence-electron chi connectivity index (χ2n) is 8.68. The molecular weight excluding hydrogens is 396 g/mol. The number of benzene rings is 2. The number of sulfonamides is 1. The van der Waals surface area contributed by atoms with Gasteiger partial charge in [-0.3, -0.25) is 9.10 Å². The van der Waals surface area contributed by atoms with Crippen LogP contribution in [0.2, 0.25) is 0 Å². The van der Waals surface area contributed by atoms with E-state index in [2.05, 4.69) is 0 Å². The minimum atomic E-state index is -3.64. The van der Waals surface area contributed by atoms with E-state index in [0.29, 0.717) is 17.2 Å². The number of hydrogen-bond acceptors (Lipinski definition) is 3. The van der Waals surface area contributed by atoms with E-state index in [1.807, 2.05) is 11.8 Å². The maximum Gasteiger partial charge on any atom is 0.264 e. The van der Waals surface area contributed by atoms with Gasteiger partial charge in [-0.15, -0.1) is 0 Å². The number of rotatable bonds is 4. The summed E-state index contributed by atoms with van der Waals surface area (Å²) in [6, 6.07) is 13.7. The van der Waals surface area contributed by atoms with Gasteiger partial charge in [0, 0.05) is 25.7 Å². The highest BCUT2D eigenvalue weighted by Crippen LogP contribution is 2.36. The van der Waals surface area contributed by atoms with Crippen molar-refractivity contribution in [3.05, 3.63) is 59.7 Å². The van der Waals surface area contributed by atoms with Crippen LogP contribution in [0, 0.1) is 18.8 Å². The molecule has 1 aliphatic heterocycles. The van der Waals surface area contributed by atoms with Gasteiger partial charge in [0.25, 0.3) is 15.9 Å². The minimum absolute atomic E-state index is 0.0506. The summed E-state index contributed by atoms with van der Waals surface area (Å²) in [4.78, 5) is 15.2. The van der Waals surface area contributed by atoms with Crippen LogP contribution in [0.25, 0.3) is 0 Å². The first-order valence-electron chi connectivity index (χ1n) is 10.8. The summed E-state index contributed by atoms with van der Waals surface area (Å²) in [5.41, 5.74) is 2.17. The molecule has 0 spiro atoms. The molecule has 2 atom stereocenters. The number of amides is 1. The van der Waals surface area contributed by atoms with Crippen molar-refractivity contribution >= 4 is 21.6 Å². The molecule has 0 aromatic heterocycles. The van der Waals surface area contributed by atoms with Crippen molar-refractivity contribution in [2.24, 2.45) is 11.8 Å². The van der Waals surface area contributed by atoms with E-state index in [0.717, 1.165) is 31.0 Å². The van der Waals surface area contributed by atoms with E-state index >= 15 is 0 Å². The maximum absolute atomic E-state index is 13.0. The zero-order valence-corrected chi connectivity index (χ0v) is 18.6. The van der Waals surface area contributed by atoms with Crippen molar-refractivity contribution in [1.82, 2.24) is 4.90 Å². The Balaban J connectivity index is 1.47. The smallest absolute Gasteiger partial charge is 0.264 e. The van der Waals surface area contributed by atoms with Crippen LogP contribution in [-0.2, 0) is 10.0 Å². The number of hydrogen-bond donors (Lipinski definition) is 0.